The van der Waals surface area contributed by atoms with Crippen LogP contribution >= 0.6 is 0 Å². The number of aromatic nitrogens is 1. The summed E-state index contributed by atoms with van der Waals surface area (Å²) in [6, 6.07) is 12.9. The van der Waals surface area contributed by atoms with E-state index in [-0.39, 0.29) is 0 Å². The zero-order valence-corrected chi connectivity index (χ0v) is 15.4. The molecule has 0 unspecified atom stereocenters. The Morgan fingerprint density at radius 1 is 1.16 bits per heavy atom. The van der Waals surface area contributed by atoms with Gasteiger partial charge in [-0.25, -0.2) is 0 Å². The highest BCUT2D eigenvalue weighted by Gasteiger charge is 2.56. The molecule has 2 bridgehead atoms. The molecule has 5 rings (SSSR count). The van der Waals surface area contributed by atoms with Crippen LogP contribution in [0.2, 0.25) is 0 Å². The van der Waals surface area contributed by atoms with E-state index in [1.807, 2.05) is 6.20 Å². The summed E-state index contributed by atoms with van der Waals surface area (Å²) < 4.78 is 0. The van der Waals surface area contributed by atoms with Gasteiger partial charge in [0.05, 0.1) is 0 Å². The number of fused-ring (bicyclic) bond motifs is 7. The Bertz CT molecular complexity index is 797. The normalized spacial score (nSPS) is 30.0. The molecule has 2 aliphatic heterocycles. The van der Waals surface area contributed by atoms with Crippen molar-refractivity contribution in [2.75, 3.05) is 25.0 Å². The maximum atomic E-state index is 4.47. The monoisotopic (exact) mass is 333 g/mol. The molecule has 1 saturated carbocycles. The Labute approximate surface area is 150 Å². The summed E-state index contributed by atoms with van der Waals surface area (Å²) in [5.41, 5.74) is 6.94. The van der Waals surface area contributed by atoms with E-state index in [2.05, 4.69) is 66.0 Å². The summed E-state index contributed by atoms with van der Waals surface area (Å²) in [5, 5.41) is 0. The third-order valence-electron chi connectivity index (χ3n) is 6.72. The number of anilines is 1. The standard InChI is InChI=1S/C22H27N3/c1-14-4-7-19-18(10-14)21-20-11-17(13-24(20)3)22(21)25(19)9-8-16-6-5-15(2)23-12-16/h4-7,10,12,17,20-22H,8-9,11,13H2,1-3H3/t17-,20+,21+,22-/m0/s1. The number of aryl methyl sites for hydroxylation is 2. The lowest BCUT2D eigenvalue weighted by molar-refractivity contribution is 0.218. The van der Waals surface area contributed by atoms with Gasteiger partial charge in [0, 0.05) is 48.7 Å². The van der Waals surface area contributed by atoms with Crippen LogP contribution in [0.3, 0.4) is 0 Å². The molecule has 2 aromatic rings. The average Bonchev–Trinajstić information content (AvgIpc) is 3.23. The molecule has 1 aromatic carbocycles. The van der Waals surface area contributed by atoms with Crippen LogP contribution in [-0.2, 0) is 6.42 Å². The summed E-state index contributed by atoms with van der Waals surface area (Å²) in [4.78, 5) is 9.81. The molecule has 0 amide bonds. The molecule has 2 fully saturated rings. The van der Waals surface area contributed by atoms with Crippen LogP contribution < -0.4 is 4.90 Å². The number of likely N-dealkylation sites (N-methyl/N-ethyl adjacent to an activating group) is 1. The van der Waals surface area contributed by atoms with Crippen molar-refractivity contribution in [1.82, 2.24) is 9.88 Å². The van der Waals surface area contributed by atoms with Gasteiger partial charge in [0.15, 0.2) is 0 Å². The van der Waals surface area contributed by atoms with Gasteiger partial charge in [-0.2, -0.15) is 0 Å². The largest absolute Gasteiger partial charge is 0.367 e. The second-order valence-corrected chi connectivity index (χ2v) is 8.33. The lowest BCUT2D eigenvalue weighted by atomic mass is 9.89. The highest BCUT2D eigenvalue weighted by atomic mass is 15.3. The molecule has 3 nitrogen and oxygen atoms in total. The molecule has 0 N–H and O–H groups in total. The van der Waals surface area contributed by atoms with E-state index in [0.29, 0.717) is 12.0 Å². The van der Waals surface area contributed by atoms with Gasteiger partial charge in [-0.1, -0.05) is 23.8 Å². The Kier molecular flexibility index (Phi) is 3.43. The highest BCUT2D eigenvalue weighted by Crippen LogP contribution is 2.56. The number of nitrogens with zero attached hydrogens (tertiary/aromatic N) is 3. The number of likely N-dealkylation sites (tertiary alicyclic amines) is 1. The number of benzene rings is 1. The molecule has 3 aliphatic rings. The van der Waals surface area contributed by atoms with E-state index in [1.54, 1.807) is 5.56 Å². The maximum Gasteiger partial charge on any atom is 0.0415 e. The van der Waals surface area contributed by atoms with Crippen LogP contribution in [0.5, 0.6) is 0 Å². The number of piperidine rings is 1. The second-order valence-electron chi connectivity index (χ2n) is 8.33. The number of hydrogen-bond acceptors (Lipinski definition) is 3. The molecule has 4 atom stereocenters. The Morgan fingerprint density at radius 2 is 2.04 bits per heavy atom. The summed E-state index contributed by atoms with van der Waals surface area (Å²) in [6.07, 6.45) is 4.51. The van der Waals surface area contributed by atoms with Gasteiger partial charge in [-0.15, -0.1) is 0 Å². The summed E-state index contributed by atoms with van der Waals surface area (Å²) in [7, 11) is 2.32. The van der Waals surface area contributed by atoms with Gasteiger partial charge < -0.3 is 9.80 Å². The number of rotatable bonds is 3. The van der Waals surface area contributed by atoms with E-state index in [1.165, 1.54) is 29.8 Å². The first-order valence-electron chi connectivity index (χ1n) is 9.61. The lowest BCUT2D eigenvalue weighted by Gasteiger charge is -2.37. The van der Waals surface area contributed by atoms with Gasteiger partial charge in [0.1, 0.15) is 0 Å². The van der Waals surface area contributed by atoms with Gasteiger partial charge in [0.25, 0.3) is 0 Å². The van der Waals surface area contributed by atoms with Crippen molar-refractivity contribution in [1.29, 1.82) is 0 Å². The zero-order valence-electron chi connectivity index (χ0n) is 15.4. The minimum absolute atomic E-state index is 0.704. The highest BCUT2D eigenvalue weighted by molar-refractivity contribution is 5.65. The first-order valence-corrected chi connectivity index (χ1v) is 9.61. The average molecular weight is 333 g/mol. The minimum atomic E-state index is 0.704. The fourth-order valence-corrected chi connectivity index (χ4v) is 5.63. The predicted octanol–water partition coefficient (Wildman–Crippen LogP) is 3.55. The van der Waals surface area contributed by atoms with Crippen LogP contribution in [0.15, 0.2) is 36.5 Å². The SMILES string of the molecule is Cc1ccc2c(c1)[C@H]1[C@H]([C@H]3C[C@H]1N(C)C3)N2CCc1ccc(C)nc1. The van der Waals surface area contributed by atoms with Crippen molar-refractivity contribution in [3.05, 3.63) is 58.9 Å². The summed E-state index contributed by atoms with van der Waals surface area (Å²) in [6.45, 7) is 6.66. The fourth-order valence-electron chi connectivity index (χ4n) is 5.63. The molecule has 0 spiro atoms. The number of hydrogen-bond donors (Lipinski definition) is 0. The van der Waals surface area contributed by atoms with Gasteiger partial charge in [-0.3, -0.25) is 4.98 Å². The Balaban J connectivity index is 1.46. The van der Waals surface area contributed by atoms with Crippen LogP contribution in [0.25, 0.3) is 0 Å². The first-order chi connectivity index (χ1) is 12.1. The van der Waals surface area contributed by atoms with E-state index >= 15 is 0 Å². The molecule has 1 aromatic heterocycles. The van der Waals surface area contributed by atoms with Crippen molar-refractivity contribution < 1.29 is 0 Å². The lowest BCUT2D eigenvalue weighted by Crippen LogP contribution is -2.46. The van der Waals surface area contributed by atoms with Crippen LogP contribution in [0, 0.1) is 19.8 Å². The summed E-state index contributed by atoms with van der Waals surface area (Å²) >= 11 is 0. The van der Waals surface area contributed by atoms with Gasteiger partial charge in [-0.05, 0) is 62.9 Å². The van der Waals surface area contributed by atoms with Crippen LogP contribution in [-0.4, -0.2) is 42.1 Å². The number of pyridine rings is 1. The van der Waals surface area contributed by atoms with E-state index < -0.39 is 0 Å². The van der Waals surface area contributed by atoms with E-state index in [9.17, 15) is 0 Å². The quantitative estimate of drug-likeness (QED) is 0.856. The van der Waals surface area contributed by atoms with Crippen molar-refractivity contribution in [3.8, 4) is 0 Å². The molecular formula is C22H27N3. The smallest absolute Gasteiger partial charge is 0.0415 e. The predicted molar refractivity (Wildman–Crippen MR) is 102 cm³/mol. The summed E-state index contributed by atoms with van der Waals surface area (Å²) in [5.74, 6) is 1.53. The maximum absolute atomic E-state index is 4.47. The van der Waals surface area contributed by atoms with Gasteiger partial charge in [0.2, 0.25) is 0 Å². The van der Waals surface area contributed by atoms with Crippen molar-refractivity contribution in [2.45, 2.75) is 44.7 Å². The van der Waals surface area contributed by atoms with Crippen LogP contribution in [0.1, 0.15) is 34.7 Å². The van der Waals surface area contributed by atoms with Crippen LogP contribution in [0.4, 0.5) is 5.69 Å². The van der Waals surface area contributed by atoms with Gasteiger partial charge >= 0.3 is 0 Å². The van der Waals surface area contributed by atoms with Crippen molar-refractivity contribution >= 4 is 5.69 Å². The third-order valence-corrected chi connectivity index (χ3v) is 6.72. The molecular weight excluding hydrogens is 306 g/mol. The molecule has 3 heteroatoms. The third kappa shape index (κ3) is 2.32. The molecule has 25 heavy (non-hydrogen) atoms. The van der Waals surface area contributed by atoms with Crippen molar-refractivity contribution in [2.24, 2.45) is 5.92 Å². The molecule has 0 radical (unpaired) electrons. The first kappa shape index (κ1) is 15.4. The van der Waals surface area contributed by atoms with Crippen molar-refractivity contribution in [3.63, 3.8) is 0 Å². The second kappa shape index (κ2) is 5.57. The zero-order chi connectivity index (χ0) is 17.1. The fraction of sp³-hybridized carbons (Fsp3) is 0.500. The molecule has 130 valence electrons. The molecule has 3 heterocycles. The molecule has 1 aliphatic carbocycles. The topological polar surface area (TPSA) is 19.4 Å². The van der Waals surface area contributed by atoms with E-state index in [0.717, 1.165) is 30.6 Å². The molecule has 1 saturated heterocycles. The Hall–Kier alpha value is -1.87. The minimum Gasteiger partial charge on any atom is -0.367 e. The Morgan fingerprint density at radius 3 is 2.84 bits per heavy atom. The van der Waals surface area contributed by atoms with E-state index in [4.69, 9.17) is 0 Å².